The van der Waals surface area contributed by atoms with E-state index in [4.69, 9.17) is 0 Å². The maximum Gasteiger partial charge on any atom is 0.00799 e. The second-order valence-corrected chi connectivity index (χ2v) is 6.70. The predicted octanol–water partition coefficient (Wildman–Crippen LogP) is 2.89. The lowest BCUT2D eigenvalue weighted by Crippen LogP contribution is -2.37. The third-order valence-corrected chi connectivity index (χ3v) is 3.41. The number of rotatable bonds is 3. The Balaban J connectivity index is 2.30. The van der Waals surface area contributed by atoms with Crippen LogP contribution in [-0.4, -0.2) is 36.6 Å². The lowest BCUT2D eigenvalue weighted by atomic mass is 9.96. The number of nitrogens with one attached hydrogen (secondary N) is 1. The number of hydrogen-bond acceptors (Lipinski definition) is 2. The molecule has 0 aromatic rings. The lowest BCUT2D eigenvalue weighted by Gasteiger charge is -2.25. The van der Waals surface area contributed by atoms with Gasteiger partial charge < -0.3 is 10.2 Å². The molecule has 0 saturated carbocycles. The minimum Gasteiger partial charge on any atom is -0.313 e. The molecule has 0 bridgehead atoms. The molecule has 0 aromatic heterocycles. The first kappa shape index (κ1) is 14.0. The van der Waals surface area contributed by atoms with E-state index in [0.717, 1.165) is 12.6 Å². The molecular weight excluding hydrogens is 196 g/mol. The molecule has 1 aliphatic rings. The standard InChI is InChI=1S/C14H30N2/c1-12(2)16-9-6-7-13(8-10-16)15-11-14(3,4)5/h12-13,15H,6-11H2,1-5H3. The van der Waals surface area contributed by atoms with E-state index in [2.05, 4.69) is 44.8 Å². The molecule has 2 heteroatoms. The van der Waals surface area contributed by atoms with Crippen LogP contribution < -0.4 is 5.32 Å². The number of hydrogen-bond donors (Lipinski definition) is 1. The van der Waals surface area contributed by atoms with Crippen LogP contribution in [-0.2, 0) is 0 Å². The van der Waals surface area contributed by atoms with E-state index in [0.29, 0.717) is 11.5 Å². The number of likely N-dealkylation sites (tertiary alicyclic amines) is 1. The minimum absolute atomic E-state index is 0.407. The van der Waals surface area contributed by atoms with Gasteiger partial charge in [0.2, 0.25) is 0 Å². The second-order valence-electron chi connectivity index (χ2n) is 6.70. The van der Waals surface area contributed by atoms with Gasteiger partial charge in [0.1, 0.15) is 0 Å². The molecule has 96 valence electrons. The summed E-state index contributed by atoms with van der Waals surface area (Å²) in [6.45, 7) is 15.2. The molecule has 1 rings (SSSR count). The fourth-order valence-corrected chi connectivity index (χ4v) is 2.29. The Kier molecular flexibility index (Phi) is 5.26. The summed E-state index contributed by atoms with van der Waals surface area (Å²) in [5.74, 6) is 0. The Labute approximate surface area is 102 Å². The Morgan fingerprint density at radius 3 is 2.44 bits per heavy atom. The smallest absolute Gasteiger partial charge is 0.00799 e. The van der Waals surface area contributed by atoms with Crippen molar-refractivity contribution in [3.05, 3.63) is 0 Å². The zero-order valence-corrected chi connectivity index (χ0v) is 11.8. The molecule has 1 heterocycles. The molecule has 1 N–H and O–H groups in total. The van der Waals surface area contributed by atoms with Gasteiger partial charge >= 0.3 is 0 Å². The van der Waals surface area contributed by atoms with E-state index in [1.54, 1.807) is 0 Å². The fourth-order valence-electron chi connectivity index (χ4n) is 2.29. The summed E-state index contributed by atoms with van der Waals surface area (Å²) >= 11 is 0. The van der Waals surface area contributed by atoms with Gasteiger partial charge in [0.25, 0.3) is 0 Å². The molecule has 1 fully saturated rings. The van der Waals surface area contributed by atoms with Gasteiger partial charge in [0.05, 0.1) is 0 Å². The zero-order valence-electron chi connectivity index (χ0n) is 11.8. The maximum atomic E-state index is 3.73. The quantitative estimate of drug-likeness (QED) is 0.796. The Hall–Kier alpha value is -0.0800. The van der Waals surface area contributed by atoms with Crippen LogP contribution in [0.4, 0.5) is 0 Å². The molecule has 2 nitrogen and oxygen atoms in total. The molecule has 1 aliphatic heterocycles. The predicted molar refractivity (Wildman–Crippen MR) is 71.8 cm³/mol. The van der Waals surface area contributed by atoms with Crippen LogP contribution >= 0.6 is 0 Å². The van der Waals surface area contributed by atoms with Crippen molar-refractivity contribution in [1.82, 2.24) is 10.2 Å². The van der Waals surface area contributed by atoms with Crippen molar-refractivity contribution in [1.29, 1.82) is 0 Å². The summed E-state index contributed by atoms with van der Waals surface area (Å²) < 4.78 is 0. The van der Waals surface area contributed by atoms with Gasteiger partial charge in [-0.05, 0) is 51.6 Å². The molecule has 0 spiro atoms. The monoisotopic (exact) mass is 226 g/mol. The molecule has 0 aromatic carbocycles. The average Bonchev–Trinajstić information content (AvgIpc) is 2.38. The lowest BCUT2D eigenvalue weighted by molar-refractivity contribution is 0.228. The number of nitrogens with zero attached hydrogens (tertiary/aromatic N) is 1. The molecule has 16 heavy (non-hydrogen) atoms. The molecular formula is C14H30N2. The summed E-state index contributed by atoms with van der Waals surface area (Å²) in [6.07, 6.45) is 4.01. The van der Waals surface area contributed by atoms with Gasteiger partial charge in [0.15, 0.2) is 0 Å². The third kappa shape index (κ3) is 5.31. The molecule has 0 aliphatic carbocycles. The van der Waals surface area contributed by atoms with Crippen molar-refractivity contribution in [2.45, 2.75) is 66.0 Å². The summed E-state index contributed by atoms with van der Waals surface area (Å²) in [6, 6.07) is 1.45. The summed E-state index contributed by atoms with van der Waals surface area (Å²) in [5.41, 5.74) is 0.407. The van der Waals surface area contributed by atoms with Crippen LogP contribution in [0.5, 0.6) is 0 Å². The van der Waals surface area contributed by atoms with Crippen molar-refractivity contribution < 1.29 is 0 Å². The Bertz CT molecular complexity index is 193. The largest absolute Gasteiger partial charge is 0.313 e. The minimum atomic E-state index is 0.407. The van der Waals surface area contributed by atoms with E-state index in [1.807, 2.05) is 0 Å². The van der Waals surface area contributed by atoms with E-state index in [9.17, 15) is 0 Å². The average molecular weight is 226 g/mol. The van der Waals surface area contributed by atoms with Crippen molar-refractivity contribution in [2.75, 3.05) is 19.6 Å². The molecule has 1 atom stereocenters. The van der Waals surface area contributed by atoms with Gasteiger partial charge in [-0.3, -0.25) is 0 Å². The first-order chi connectivity index (χ1) is 7.38. The highest BCUT2D eigenvalue weighted by Gasteiger charge is 2.19. The summed E-state index contributed by atoms with van der Waals surface area (Å²) in [7, 11) is 0. The van der Waals surface area contributed by atoms with Crippen molar-refractivity contribution in [3.8, 4) is 0 Å². The Morgan fingerprint density at radius 1 is 1.19 bits per heavy atom. The Morgan fingerprint density at radius 2 is 1.88 bits per heavy atom. The van der Waals surface area contributed by atoms with E-state index >= 15 is 0 Å². The van der Waals surface area contributed by atoms with Crippen LogP contribution in [0.2, 0.25) is 0 Å². The molecule has 1 unspecified atom stereocenters. The van der Waals surface area contributed by atoms with E-state index < -0.39 is 0 Å². The fraction of sp³-hybridized carbons (Fsp3) is 1.00. The van der Waals surface area contributed by atoms with Crippen LogP contribution in [0.3, 0.4) is 0 Å². The van der Waals surface area contributed by atoms with Gasteiger partial charge in [-0.2, -0.15) is 0 Å². The van der Waals surface area contributed by atoms with Crippen molar-refractivity contribution >= 4 is 0 Å². The van der Waals surface area contributed by atoms with Crippen LogP contribution in [0.15, 0.2) is 0 Å². The van der Waals surface area contributed by atoms with E-state index in [1.165, 1.54) is 32.4 Å². The normalized spacial score (nSPS) is 24.8. The zero-order chi connectivity index (χ0) is 12.2. The topological polar surface area (TPSA) is 15.3 Å². The molecule has 1 saturated heterocycles. The van der Waals surface area contributed by atoms with Crippen LogP contribution in [0.25, 0.3) is 0 Å². The van der Waals surface area contributed by atoms with Gasteiger partial charge in [0, 0.05) is 18.6 Å². The van der Waals surface area contributed by atoms with Gasteiger partial charge in [-0.25, -0.2) is 0 Å². The van der Waals surface area contributed by atoms with Crippen molar-refractivity contribution in [2.24, 2.45) is 5.41 Å². The van der Waals surface area contributed by atoms with Crippen LogP contribution in [0.1, 0.15) is 53.9 Å². The maximum absolute atomic E-state index is 3.73. The van der Waals surface area contributed by atoms with E-state index in [-0.39, 0.29) is 0 Å². The highest BCUT2D eigenvalue weighted by atomic mass is 15.1. The molecule has 0 amide bonds. The van der Waals surface area contributed by atoms with Crippen molar-refractivity contribution in [3.63, 3.8) is 0 Å². The second kappa shape index (κ2) is 6.02. The highest BCUT2D eigenvalue weighted by Crippen LogP contribution is 2.16. The molecule has 0 radical (unpaired) electrons. The highest BCUT2D eigenvalue weighted by molar-refractivity contribution is 4.78. The van der Waals surface area contributed by atoms with Gasteiger partial charge in [-0.15, -0.1) is 0 Å². The third-order valence-electron chi connectivity index (χ3n) is 3.41. The first-order valence-corrected chi connectivity index (χ1v) is 6.86. The summed E-state index contributed by atoms with van der Waals surface area (Å²) in [4.78, 5) is 2.61. The van der Waals surface area contributed by atoms with Gasteiger partial charge in [-0.1, -0.05) is 20.8 Å². The first-order valence-electron chi connectivity index (χ1n) is 6.86. The summed E-state index contributed by atoms with van der Waals surface area (Å²) in [5, 5.41) is 3.73. The SMILES string of the molecule is CC(C)N1CCCC(NCC(C)(C)C)CC1. The van der Waals surface area contributed by atoms with Crippen LogP contribution in [0, 0.1) is 5.41 Å².